The summed E-state index contributed by atoms with van der Waals surface area (Å²) in [5, 5.41) is 13.6. The maximum absolute atomic E-state index is 12.8. The number of carboxylic acid groups (broad SMARTS) is 1. The van der Waals surface area contributed by atoms with Crippen molar-refractivity contribution in [3.8, 4) is 5.69 Å². The number of amides is 1. The van der Waals surface area contributed by atoms with Gasteiger partial charge in [0.25, 0.3) is 5.91 Å². The van der Waals surface area contributed by atoms with Crippen LogP contribution in [0.5, 0.6) is 0 Å². The van der Waals surface area contributed by atoms with E-state index in [0.29, 0.717) is 18.5 Å². The third-order valence-corrected chi connectivity index (χ3v) is 4.82. The molecule has 1 amide bonds. The van der Waals surface area contributed by atoms with E-state index in [2.05, 4.69) is 5.10 Å². The van der Waals surface area contributed by atoms with Crippen molar-refractivity contribution in [3.05, 3.63) is 47.3 Å². The lowest BCUT2D eigenvalue weighted by Crippen LogP contribution is -2.37. The third-order valence-electron chi connectivity index (χ3n) is 4.82. The first-order chi connectivity index (χ1) is 11.4. The number of likely N-dealkylation sites (tertiary alicyclic amines) is 1. The van der Waals surface area contributed by atoms with Crippen molar-refractivity contribution in [1.82, 2.24) is 14.7 Å². The number of carbonyl (C=O) groups is 2. The molecule has 2 heterocycles. The quantitative estimate of drug-likeness (QED) is 0.939. The second-order valence-corrected chi connectivity index (χ2v) is 6.37. The van der Waals surface area contributed by atoms with Gasteiger partial charge in [0.1, 0.15) is 0 Å². The highest BCUT2D eigenvalue weighted by Gasteiger charge is 2.39. The predicted molar refractivity (Wildman–Crippen MR) is 89.3 cm³/mol. The molecular weight excluding hydrogens is 306 g/mol. The van der Waals surface area contributed by atoms with Gasteiger partial charge in [-0.25, -0.2) is 4.68 Å². The van der Waals surface area contributed by atoms with E-state index in [9.17, 15) is 14.7 Å². The Balaban J connectivity index is 1.89. The average molecular weight is 327 g/mol. The van der Waals surface area contributed by atoms with Gasteiger partial charge in [0.2, 0.25) is 0 Å². The van der Waals surface area contributed by atoms with Crippen LogP contribution in [-0.4, -0.2) is 44.3 Å². The van der Waals surface area contributed by atoms with Crippen LogP contribution in [0.4, 0.5) is 0 Å². The molecule has 1 aliphatic rings. The molecule has 126 valence electrons. The van der Waals surface area contributed by atoms with Crippen LogP contribution in [0.15, 0.2) is 30.5 Å². The van der Waals surface area contributed by atoms with Gasteiger partial charge in [-0.15, -0.1) is 0 Å². The van der Waals surface area contributed by atoms with Gasteiger partial charge in [-0.2, -0.15) is 5.10 Å². The minimum Gasteiger partial charge on any atom is -0.481 e. The number of benzene rings is 1. The van der Waals surface area contributed by atoms with Crippen LogP contribution in [0.25, 0.3) is 5.69 Å². The Morgan fingerprint density at radius 3 is 2.67 bits per heavy atom. The lowest BCUT2D eigenvalue weighted by atomic mass is 10.0. The molecule has 2 aromatic rings. The van der Waals surface area contributed by atoms with E-state index in [1.54, 1.807) is 22.7 Å². The lowest BCUT2D eigenvalue weighted by Gasteiger charge is -2.23. The Kier molecular flexibility index (Phi) is 4.13. The number of aryl methyl sites for hydroxylation is 1. The Labute approximate surface area is 140 Å². The van der Waals surface area contributed by atoms with Crippen LogP contribution >= 0.6 is 0 Å². The van der Waals surface area contributed by atoms with Crippen LogP contribution in [0, 0.1) is 19.8 Å². The van der Waals surface area contributed by atoms with Crippen molar-refractivity contribution >= 4 is 11.9 Å². The van der Waals surface area contributed by atoms with Crippen LogP contribution in [0.3, 0.4) is 0 Å². The second-order valence-electron chi connectivity index (χ2n) is 6.37. The Morgan fingerprint density at radius 2 is 2.04 bits per heavy atom. The molecule has 1 fully saturated rings. The molecule has 1 saturated heterocycles. The Hall–Kier alpha value is -2.63. The molecule has 1 aromatic heterocycles. The van der Waals surface area contributed by atoms with Gasteiger partial charge < -0.3 is 10.0 Å². The van der Waals surface area contributed by atoms with Gasteiger partial charge in [0.15, 0.2) is 0 Å². The van der Waals surface area contributed by atoms with Crippen LogP contribution in [0.2, 0.25) is 0 Å². The minimum atomic E-state index is -0.843. The van der Waals surface area contributed by atoms with Gasteiger partial charge in [0.05, 0.1) is 29.1 Å². The second kappa shape index (κ2) is 6.11. The van der Waals surface area contributed by atoms with Crippen LogP contribution < -0.4 is 0 Å². The highest BCUT2D eigenvalue weighted by Crippen LogP contribution is 2.27. The van der Waals surface area contributed by atoms with E-state index in [-0.39, 0.29) is 11.9 Å². The first-order valence-corrected chi connectivity index (χ1v) is 8.05. The van der Waals surface area contributed by atoms with Gasteiger partial charge in [-0.3, -0.25) is 9.59 Å². The normalized spacial score (nSPS) is 20.4. The summed E-state index contributed by atoms with van der Waals surface area (Å²) in [6.45, 7) is 6.13. The van der Waals surface area contributed by atoms with Gasteiger partial charge in [-0.05, 0) is 44.9 Å². The average Bonchev–Trinajstić information content (AvgIpc) is 3.10. The van der Waals surface area contributed by atoms with E-state index >= 15 is 0 Å². The van der Waals surface area contributed by atoms with Crippen molar-refractivity contribution in [1.29, 1.82) is 0 Å². The molecule has 0 bridgehead atoms. The monoisotopic (exact) mass is 327 g/mol. The number of carbonyl (C=O) groups excluding carboxylic acids is 1. The SMILES string of the molecule is Cc1cccc(-n2ncc(C(=O)N3CCC(C(=O)O)C3C)c2C)c1. The highest BCUT2D eigenvalue weighted by molar-refractivity contribution is 5.96. The van der Waals surface area contributed by atoms with Gasteiger partial charge in [0, 0.05) is 12.6 Å². The third kappa shape index (κ3) is 2.68. The van der Waals surface area contributed by atoms with Crippen molar-refractivity contribution < 1.29 is 14.7 Å². The molecular formula is C18H21N3O3. The summed E-state index contributed by atoms with van der Waals surface area (Å²) in [7, 11) is 0. The fourth-order valence-corrected chi connectivity index (χ4v) is 3.35. The largest absolute Gasteiger partial charge is 0.481 e. The van der Waals surface area contributed by atoms with E-state index < -0.39 is 11.9 Å². The summed E-state index contributed by atoms with van der Waals surface area (Å²) in [6.07, 6.45) is 2.06. The summed E-state index contributed by atoms with van der Waals surface area (Å²) in [5.41, 5.74) is 3.31. The molecule has 0 saturated carbocycles. The summed E-state index contributed by atoms with van der Waals surface area (Å²) in [6, 6.07) is 7.60. The van der Waals surface area contributed by atoms with Crippen molar-refractivity contribution in [2.24, 2.45) is 5.92 Å². The molecule has 1 aromatic carbocycles. The van der Waals surface area contributed by atoms with Gasteiger partial charge in [-0.1, -0.05) is 12.1 Å². The molecule has 6 heteroatoms. The van der Waals surface area contributed by atoms with E-state index in [1.165, 1.54) is 0 Å². The smallest absolute Gasteiger partial charge is 0.308 e. The number of hydrogen-bond donors (Lipinski definition) is 1. The summed E-state index contributed by atoms with van der Waals surface area (Å²) in [5.74, 6) is -1.49. The molecule has 2 unspecified atom stereocenters. The number of rotatable bonds is 3. The van der Waals surface area contributed by atoms with E-state index in [1.807, 2.05) is 38.1 Å². The molecule has 1 aliphatic heterocycles. The molecule has 0 radical (unpaired) electrons. The number of aromatic nitrogens is 2. The summed E-state index contributed by atoms with van der Waals surface area (Å²) < 4.78 is 1.75. The molecule has 1 N–H and O–H groups in total. The minimum absolute atomic E-state index is 0.150. The summed E-state index contributed by atoms with van der Waals surface area (Å²) in [4.78, 5) is 25.7. The highest BCUT2D eigenvalue weighted by atomic mass is 16.4. The number of carboxylic acids is 1. The fourth-order valence-electron chi connectivity index (χ4n) is 3.35. The van der Waals surface area contributed by atoms with Gasteiger partial charge >= 0.3 is 5.97 Å². The standard InChI is InChI=1S/C18H21N3O3/c1-11-5-4-6-14(9-11)21-13(3)16(10-19-21)17(22)20-8-7-15(12(20)2)18(23)24/h4-6,9-10,12,15H,7-8H2,1-3H3,(H,23,24). The molecule has 0 spiro atoms. The number of nitrogens with zero attached hydrogens (tertiary/aromatic N) is 3. The Morgan fingerprint density at radius 1 is 1.29 bits per heavy atom. The fraction of sp³-hybridized carbons (Fsp3) is 0.389. The van der Waals surface area contributed by atoms with Crippen molar-refractivity contribution in [2.45, 2.75) is 33.2 Å². The van der Waals surface area contributed by atoms with Crippen molar-refractivity contribution in [3.63, 3.8) is 0 Å². The maximum Gasteiger partial charge on any atom is 0.308 e. The molecule has 0 aliphatic carbocycles. The van der Waals surface area contributed by atoms with Crippen LogP contribution in [0.1, 0.15) is 35.0 Å². The lowest BCUT2D eigenvalue weighted by molar-refractivity contribution is -0.142. The topological polar surface area (TPSA) is 75.4 Å². The maximum atomic E-state index is 12.8. The first-order valence-electron chi connectivity index (χ1n) is 8.05. The molecule has 6 nitrogen and oxygen atoms in total. The Bertz CT molecular complexity index is 797. The molecule has 24 heavy (non-hydrogen) atoms. The zero-order chi connectivity index (χ0) is 17.4. The zero-order valence-corrected chi connectivity index (χ0v) is 14.1. The molecule has 3 rings (SSSR count). The number of aliphatic carboxylic acids is 1. The first kappa shape index (κ1) is 16.2. The van der Waals surface area contributed by atoms with Crippen molar-refractivity contribution in [2.75, 3.05) is 6.54 Å². The number of hydrogen-bond acceptors (Lipinski definition) is 3. The van der Waals surface area contributed by atoms with E-state index in [0.717, 1.165) is 16.9 Å². The molecule has 2 atom stereocenters. The predicted octanol–water partition coefficient (Wildman–Crippen LogP) is 2.42. The van der Waals surface area contributed by atoms with E-state index in [4.69, 9.17) is 0 Å². The van der Waals surface area contributed by atoms with Crippen LogP contribution in [-0.2, 0) is 4.79 Å². The zero-order valence-electron chi connectivity index (χ0n) is 14.1. The summed E-state index contributed by atoms with van der Waals surface area (Å²) >= 11 is 0.